The van der Waals surface area contributed by atoms with Gasteiger partial charge in [-0.15, -0.1) is 0 Å². The Bertz CT molecular complexity index is 358. The van der Waals surface area contributed by atoms with Gasteiger partial charge < -0.3 is 5.73 Å². The summed E-state index contributed by atoms with van der Waals surface area (Å²) < 4.78 is 0. The van der Waals surface area contributed by atoms with Gasteiger partial charge in [0.1, 0.15) is 0 Å². The molecule has 3 heteroatoms. The number of nitrogens with two attached hydrogens (primary N) is 1. The highest BCUT2D eigenvalue weighted by Gasteiger charge is 1.94. The van der Waals surface area contributed by atoms with E-state index in [1.807, 2.05) is 19.1 Å². The van der Waals surface area contributed by atoms with E-state index in [0.29, 0.717) is 5.02 Å². The van der Waals surface area contributed by atoms with Crippen molar-refractivity contribution in [2.75, 3.05) is 0 Å². The van der Waals surface area contributed by atoms with Gasteiger partial charge in [-0.1, -0.05) is 23.7 Å². The first kappa shape index (κ1) is 9.81. The molecule has 0 spiro atoms. The number of hydrogen-bond acceptors (Lipinski definition) is 1. The minimum atomic E-state index is -0.461. The second kappa shape index (κ2) is 4.10. The van der Waals surface area contributed by atoms with E-state index in [1.54, 1.807) is 12.1 Å². The molecule has 68 valence electrons. The average molecular weight is 196 g/mol. The van der Waals surface area contributed by atoms with E-state index in [1.165, 1.54) is 6.08 Å². The Hall–Kier alpha value is -1.28. The third kappa shape index (κ3) is 2.92. The van der Waals surface area contributed by atoms with E-state index < -0.39 is 5.91 Å². The van der Waals surface area contributed by atoms with Crippen molar-refractivity contribution in [1.82, 2.24) is 0 Å². The van der Waals surface area contributed by atoms with Crippen molar-refractivity contribution in [3.05, 3.63) is 40.4 Å². The Labute approximate surface area is 82.0 Å². The van der Waals surface area contributed by atoms with Crippen LogP contribution in [-0.4, -0.2) is 5.91 Å². The van der Waals surface area contributed by atoms with Gasteiger partial charge in [0.15, 0.2) is 0 Å². The first-order valence-corrected chi connectivity index (χ1v) is 4.21. The average Bonchev–Trinajstić information content (AvgIpc) is 2.07. The molecule has 1 amide bonds. The van der Waals surface area contributed by atoms with Crippen LogP contribution in [0.15, 0.2) is 24.3 Å². The van der Waals surface area contributed by atoms with Crippen molar-refractivity contribution < 1.29 is 4.79 Å². The Kier molecular flexibility index (Phi) is 3.09. The number of rotatable bonds is 2. The van der Waals surface area contributed by atoms with E-state index in [4.69, 9.17) is 17.3 Å². The van der Waals surface area contributed by atoms with Gasteiger partial charge in [0, 0.05) is 11.1 Å². The van der Waals surface area contributed by atoms with Crippen LogP contribution in [0.4, 0.5) is 0 Å². The fourth-order valence-electron chi connectivity index (χ4n) is 0.891. The molecule has 0 aromatic heterocycles. The maximum absolute atomic E-state index is 10.4. The molecule has 0 aliphatic carbocycles. The number of hydrogen-bond donors (Lipinski definition) is 1. The van der Waals surface area contributed by atoms with E-state index in [0.717, 1.165) is 11.1 Å². The number of aryl methyl sites for hydroxylation is 1. The fraction of sp³-hybridized carbons (Fsp3) is 0.100. The van der Waals surface area contributed by atoms with Crippen LogP contribution in [0.2, 0.25) is 5.02 Å². The molecule has 0 unspecified atom stereocenters. The summed E-state index contributed by atoms with van der Waals surface area (Å²) in [6.07, 6.45) is 2.94. The standard InChI is InChI=1S/C10H10ClNO/c1-7-2-3-8(6-9(7)11)4-5-10(12)13/h2-6H,1H3,(H2,12,13)/b5-4+. The topological polar surface area (TPSA) is 43.1 Å². The zero-order valence-corrected chi connectivity index (χ0v) is 8.01. The lowest BCUT2D eigenvalue weighted by Gasteiger charge is -1.98. The maximum atomic E-state index is 10.4. The summed E-state index contributed by atoms with van der Waals surface area (Å²) in [5.74, 6) is -0.461. The fourth-order valence-corrected chi connectivity index (χ4v) is 1.08. The van der Waals surface area contributed by atoms with Crippen molar-refractivity contribution in [2.24, 2.45) is 5.73 Å². The first-order valence-electron chi connectivity index (χ1n) is 3.83. The van der Waals surface area contributed by atoms with Crippen LogP contribution in [0.3, 0.4) is 0 Å². The molecule has 0 fully saturated rings. The summed E-state index contributed by atoms with van der Waals surface area (Å²) in [6.45, 7) is 1.92. The molecule has 0 saturated heterocycles. The molecule has 0 aliphatic heterocycles. The lowest BCUT2D eigenvalue weighted by atomic mass is 10.1. The molecule has 0 aliphatic rings. The molecule has 1 aromatic carbocycles. The van der Waals surface area contributed by atoms with Gasteiger partial charge in [0.2, 0.25) is 5.91 Å². The van der Waals surface area contributed by atoms with Gasteiger partial charge in [-0.25, -0.2) is 0 Å². The Morgan fingerprint density at radius 1 is 1.54 bits per heavy atom. The van der Waals surface area contributed by atoms with Crippen LogP contribution < -0.4 is 5.73 Å². The second-order valence-electron chi connectivity index (χ2n) is 2.74. The van der Waals surface area contributed by atoms with Crippen LogP contribution in [0.25, 0.3) is 6.08 Å². The molecule has 1 aromatic rings. The van der Waals surface area contributed by atoms with E-state index >= 15 is 0 Å². The van der Waals surface area contributed by atoms with Crippen LogP contribution >= 0.6 is 11.6 Å². The molecular weight excluding hydrogens is 186 g/mol. The molecule has 2 N–H and O–H groups in total. The van der Waals surface area contributed by atoms with Crippen molar-refractivity contribution in [3.63, 3.8) is 0 Å². The molecule has 0 radical (unpaired) electrons. The Balaban J connectivity index is 2.92. The second-order valence-corrected chi connectivity index (χ2v) is 3.15. The predicted octanol–water partition coefficient (Wildman–Crippen LogP) is 2.15. The van der Waals surface area contributed by atoms with E-state index in [9.17, 15) is 4.79 Å². The van der Waals surface area contributed by atoms with Crippen molar-refractivity contribution in [2.45, 2.75) is 6.92 Å². The van der Waals surface area contributed by atoms with Crippen LogP contribution in [0.1, 0.15) is 11.1 Å². The number of carbonyl (C=O) groups is 1. The number of primary amides is 1. The maximum Gasteiger partial charge on any atom is 0.241 e. The zero-order chi connectivity index (χ0) is 9.84. The van der Waals surface area contributed by atoms with Gasteiger partial charge in [-0.05, 0) is 30.2 Å². The first-order chi connectivity index (χ1) is 6.09. The number of carbonyl (C=O) groups excluding carboxylic acids is 1. The predicted molar refractivity (Wildman–Crippen MR) is 54.4 cm³/mol. The molecule has 0 heterocycles. The molecular formula is C10H10ClNO. The minimum Gasteiger partial charge on any atom is -0.366 e. The Morgan fingerprint density at radius 3 is 2.77 bits per heavy atom. The van der Waals surface area contributed by atoms with Gasteiger partial charge >= 0.3 is 0 Å². The monoisotopic (exact) mass is 195 g/mol. The van der Waals surface area contributed by atoms with Gasteiger partial charge in [-0.3, -0.25) is 4.79 Å². The van der Waals surface area contributed by atoms with Crippen LogP contribution in [-0.2, 0) is 4.79 Å². The summed E-state index contributed by atoms with van der Waals surface area (Å²) in [4.78, 5) is 10.4. The van der Waals surface area contributed by atoms with E-state index in [2.05, 4.69) is 0 Å². The van der Waals surface area contributed by atoms with Crippen molar-refractivity contribution >= 4 is 23.6 Å². The lowest BCUT2D eigenvalue weighted by molar-refractivity contribution is -0.113. The summed E-state index contributed by atoms with van der Waals surface area (Å²) in [5, 5.41) is 0.687. The number of benzene rings is 1. The minimum absolute atomic E-state index is 0.461. The normalized spacial score (nSPS) is 10.6. The highest BCUT2D eigenvalue weighted by Crippen LogP contribution is 2.17. The molecule has 2 nitrogen and oxygen atoms in total. The third-order valence-electron chi connectivity index (χ3n) is 1.64. The quantitative estimate of drug-likeness (QED) is 0.722. The Morgan fingerprint density at radius 2 is 2.23 bits per heavy atom. The molecule has 1 rings (SSSR count). The number of halogens is 1. The zero-order valence-electron chi connectivity index (χ0n) is 7.25. The molecule has 0 atom stereocenters. The van der Waals surface area contributed by atoms with Crippen molar-refractivity contribution in [3.8, 4) is 0 Å². The van der Waals surface area contributed by atoms with E-state index in [-0.39, 0.29) is 0 Å². The highest BCUT2D eigenvalue weighted by atomic mass is 35.5. The number of amides is 1. The molecule has 0 saturated carbocycles. The van der Waals surface area contributed by atoms with Crippen molar-refractivity contribution in [1.29, 1.82) is 0 Å². The molecule has 13 heavy (non-hydrogen) atoms. The summed E-state index contributed by atoms with van der Waals surface area (Å²) in [6, 6.07) is 5.56. The summed E-state index contributed by atoms with van der Waals surface area (Å²) in [5.41, 5.74) is 6.83. The third-order valence-corrected chi connectivity index (χ3v) is 2.04. The smallest absolute Gasteiger partial charge is 0.241 e. The largest absolute Gasteiger partial charge is 0.366 e. The van der Waals surface area contributed by atoms with Crippen LogP contribution in [0.5, 0.6) is 0 Å². The molecule has 0 bridgehead atoms. The van der Waals surface area contributed by atoms with Gasteiger partial charge in [0.25, 0.3) is 0 Å². The summed E-state index contributed by atoms with van der Waals surface area (Å²) >= 11 is 5.88. The SMILES string of the molecule is Cc1ccc(/C=C/C(N)=O)cc1Cl. The van der Waals surface area contributed by atoms with Crippen LogP contribution in [0, 0.1) is 6.92 Å². The highest BCUT2D eigenvalue weighted by molar-refractivity contribution is 6.31. The summed E-state index contributed by atoms with van der Waals surface area (Å²) in [7, 11) is 0. The lowest BCUT2D eigenvalue weighted by Crippen LogP contribution is -2.05. The van der Waals surface area contributed by atoms with Gasteiger partial charge in [-0.2, -0.15) is 0 Å². The van der Waals surface area contributed by atoms with Gasteiger partial charge in [0.05, 0.1) is 0 Å².